The van der Waals surface area contributed by atoms with Crippen molar-refractivity contribution in [1.82, 2.24) is 4.90 Å². The van der Waals surface area contributed by atoms with Crippen molar-refractivity contribution in [2.45, 2.75) is 57.1 Å². The van der Waals surface area contributed by atoms with E-state index in [1.807, 2.05) is 0 Å². The van der Waals surface area contributed by atoms with Crippen LogP contribution in [0.5, 0.6) is 0 Å². The van der Waals surface area contributed by atoms with Gasteiger partial charge in [0.05, 0.1) is 5.60 Å². The van der Waals surface area contributed by atoms with Gasteiger partial charge in [-0.2, -0.15) is 0 Å². The van der Waals surface area contributed by atoms with Crippen LogP contribution in [0.3, 0.4) is 0 Å². The summed E-state index contributed by atoms with van der Waals surface area (Å²) in [6, 6.07) is 0.679. The number of rotatable bonds is 3. The van der Waals surface area contributed by atoms with Crippen LogP contribution >= 0.6 is 0 Å². The molecule has 3 heteroatoms. The molecular weight excluding hydrogens is 214 g/mol. The Morgan fingerprint density at radius 3 is 2.35 bits per heavy atom. The van der Waals surface area contributed by atoms with Gasteiger partial charge >= 0.3 is 0 Å². The van der Waals surface area contributed by atoms with E-state index >= 15 is 0 Å². The van der Waals surface area contributed by atoms with Gasteiger partial charge in [-0.25, -0.2) is 0 Å². The molecule has 2 fully saturated rings. The Kier molecular flexibility index (Phi) is 4.45. The molecule has 1 heterocycles. The summed E-state index contributed by atoms with van der Waals surface area (Å²) in [4.78, 5) is 2.39. The van der Waals surface area contributed by atoms with Crippen molar-refractivity contribution in [2.75, 3.05) is 26.8 Å². The van der Waals surface area contributed by atoms with Gasteiger partial charge in [-0.1, -0.05) is 6.92 Å². The number of likely N-dealkylation sites (N-methyl/N-ethyl adjacent to an activating group) is 1. The Morgan fingerprint density at radius 1 is 1.18 bits per heavy atom. The van der Waals surface area contributed by atoms with Crippen LogP contribution < -0.4 is 0 Å². The molecular formula is C14H27NO2. The summed E-state index contributed by atoms with van der Waals surface area (Å²) in [5.74, 6) is 0.894. The van der Waals surface area contributed by atoms with E-state index in [1.54, 1.807) is 0 Å². The molecule has 2 rings (SSSR count). The number of hydrogen-bond donors (Lipinski definition) is 1. The van der Waals surface area contributed by atoms with Crippen molar-refractivity contribution in [3.05, 3.63) is 0 Å². The fourth-order valence-corrected chi connectivity index (χ4v) is 3.19. The summed E-state index contributed by atoms with van der Waals surface area (Å²) in [6.45, 7) is 4.59. The molecule has 1 aliphatic carbocycles. The smallest absolute Gasteiger partial charge is 0.0817 e. The minimum atomic E-state index is -0.504. The lowest BCUT2D eigenvalue weighted by atomic mass is 9.85. The van der Waals surface area contributed by atoms with Gasteiger partial charge in [-0.05, 0) is 38.6 Å². The van der Waals surface area contributed by atoms with Gasteiger partial charge in [0.1, 0.15) is 0 Å². The van der Waals surface area contributed by atoms with Gasteiger partial charge in [0.15, 0.2) is 0 Å². The Bertz CT molecular complexity index is 230. The Hall–Kier alpha value is -0.120. The highest BCUT2D eigenvalue weighted by atomic mass is 16.5. The number of aliphatic hydroxyl groups is 1. The van der Waals surface area contributed by atoms with Crippen molar-refractivity contribution in [3.8, 4) is 0 Å². The molecule has 1 N–H and O–H groups in total. The van der Waals surface area contributed by atoms with Crippen LogP contribution in [0, 0.1) is 5.92 Å². The van der Waals surface area contributed by atoms with Crippen LogP contribution in [0.1, 0.15) is 45.4 Å². The zero-order valence-corrected chi connectivity index (χ0v) is 11.3. The summed E-state index contributed by atoms with van der Waals surface area (Å²) in [6.07, 6.45) is 6.86. The summed E-state index contributed by atoms with van der Waals surface area (Å²) in [7, 11) is 2.17. The molecule has 0 aromatic rings. The fraction of sp³-hybridized carbons (Fsp3) is 1.00. The maximum Gasteiger partial charge on any atom is 0.0817 e. The van der Waals surface area contributed by atoms with E-state index in [4.69, 9.17) is 4.74 Å². The molecule has 2 aliphatic rings. The quantitative estimate of drug-likeness (QED) is 0.821. The first kappa shape index (κ1) is 13.3. The first-order valence-electron chi connectivity index (χ1n) is 7.09. The van der Waals surface area contributed by atoms with Crippen LogP contribution in [0.15, 0.2) is 0 Å². The SMILES string of the molecule is CC1CCC(N(C)CC2(O)CCOCC2)CC1. The minimum absolute atomic E-state index is 0.504. The van der Waals surface area contributed by atoms with Gasteiger partial charge < -0.3 is 14.7 Å². The average molecular weight is 241 g/mol. The lowest BCUT2D eigenvalue weighted by Crippen LogP contribution is -2.49. The van der Waals surface area contributed by atoms with Gasteiger partial charge in [0, 0.05) is 38.6 Å². The van der Waals surface area contributed by atoms with E-state index in [0.717, 1.165) is 25.3 Å². The summed E-state index contributed by atoms with van der Waals surface area (Å²) < 4.78 is 5.33. The van der Waals surface area contributed by atoms with E-state index in [-0.39, 0.29) is 0 Å². The van der Waals surface area contributed by atoms with Crippen molar-refractivity contribution in [3.63, 3.8) is 0 Å². The van der Waals surface area contributed by atoms with Gasteiger partial charge in [0.25, 0.3) is 0 Å². The predicted octanol–water partition coefficient (Wildman–Crippen LogP) is 2.04. The molecule has 0 unspecified atom stereocenters. The highest BCUT2D eigenvalue weighted by Crippen LogP contribution is 2.29. The monoisotopic (exact) mass is 241 g/mol. The molecule has 3 nitrogen and oxygen atoms in total. The molecule has 1 saturated carbocycles. The molecule has 0 aromatic carbocycles. The topological polar surface area (TPSA) is 32.7 Å². The second-order valence-electron chi connectivity index (χ2n) is 6.17. The molecule has 0 radical (unpaired) electrons. The molecule has 17 heavy (non-hydrogen) atoms. The average Bonchev–Trinajstić information content (AvgIpc) is 2.30. The highest BCUT2D eigenvalue weighted by Gasteiger charge is 2.33. The Labute approximate surface area is 105 Å². The molecule has 1 saturated heterocycles. The normalized spacial score (nSPS) is 33.9. The molecule has 0 spiro atoms. The second-order valence-corrected chi connectivity index (χ2v) is 6.17. The van der Waals surface area contributed by atoms with Crippen molar-refractivity contribution >= 4 is 0 Å². The first-order chi connectivity index (χ1) is 8.09. The maximum atomic E-state index is 10.5. The van der Waals surface area contributed by atoms with Crippen LogP contribution in [0.25, 0.3) is 0 Å². The summed E-state index contributed by atoms with van der Waals surface area (Å²) in [5, 5.41) is 10.5. The second kappa shape index (κ2) is 5.68. The Balaban J connectivity index is 1.81. The lowest BCUT2D eigenvalue weighted by Gasteiger charge is -2.40. The van der Waals surface area contributed by atoms with Gasteiger partial charge in [0.2, 0.25) is 0 Å². The third-order valence-corrected chi connectivity index (χ3v) is 4.58. The zero-order chi connectivity index (χ0) is 12.3. The Morgan fingerprint density at radius 2 is 1.76 bits per heavy atom. The van der Waals surface area contributed by atoms with Crippen LogP contribution in [0.2, 0.25) is 0 Å². The highest BCUT2D eigenvalue weighted by molar-refractivity contribution is 4.87. The summed E-state index contributed by atoms with van der Waals surface area (Å²) in [5.41, 5.74) is -0.504. The van der Waals surface area contributed by atoms with Crippen LogP contribution in [-0.2, 0) is 4.74 Å². The standard InChI is InChI=1S/C14H27NO2/c1-12-3-5-13(6-4-12)15(2)11-14(16)7-9-17-10-8-14/h12-13,16H,3-11H2,1-2H3. The van der Waals surface area contributed by atoms with Crippen molar-refractivity contribution in [2.24, 2.45) is 5.92 Å². The minimum Gasteiger partial charge on any atom is -0.388 e. The largest absolute Gasteiger partial charge is 0.388 e. The van der Waals surface area contributed by atoms with E-state index in [2.05, 4.69) is 18.9 Å². The summed E-state index contributed by atoms with van der Waals surface area (Å²) >= 11 is 0. The van der Waals surface area contributed by atoms with Crippen molar-refractivity contribution in [1.29, 1.82) is 0 Å². The molecule has 0 aromatic heterocycles. The molecule has 1 aliphatic heterocycles. The van der Waals surface area contributed by atoms with E-state index in [9.17, 15) is 5.11 Å². The van der Waals surface area contributed by atoms with Crippen molar-refractivity contribution < 1.29 is 9.84 Å². The molecule has 0 bridgehead atoms. The van der Waals surface area contributed by atoms with E-state index in [1.165, 1.54) is 25.7 Å². The van der Waals surface area contributed by atoms with Crippen LogP contribution in [-0.4, -0.2) is 48.5 Å². The number of ether oxygens (including phenoxy) is 1. The first-order valence-corrected chi connectivity index (χ1v) is 7.09. The fourth-order valence-electron chi connectivity index (χ4n) is 3.19. The van der Waals surface area contributed by atoms with Gasteiger partial charge in [-0.15, -0.1) is 0 Å². The van der Waals surface area contributed by atoms with Crippen LogP contribution in [0.4, 0.5) is 0 Å². The van der Waals surface area contributed by atoms with E-state index < -0.39 is 5.60 Å². The third kappa shape index (κ3) is 3.67. The number of hydrogen-bond acceptors (Lipinski definition) is 3. The van der Waals surface area contributed by atoms with E-state index in [0.29, 0.717) is 19.3 Å². The molecule has 0 atom stereocenters. The predicted molar refractivity (Wildman–Crippen MR) is 69.1 cm³/mol. The molecule has 100 valence electrons. The van der Waals surface area contributed by atoms with Gasteiger partial charge in [-0.3, -0.25) is 0 Å². The zero-order valence-electron chi connectivity index (χ0n) is 11.3. The maximum absolute atomic E-state index is 10.5. The third-order valence-electron chi connectivity index (χ3n) is 4.58. The molecule has 0 amide bonds. The lowest BCUT2D eigenvalue weighted by molar-refractivity contribution is -0.0832. The number of nitrogens with zero attached hydrogens (tertiary/aromatic N) is 1.